The van der Waals surface area contributed by atoms with E-state index in [9.17, 15) is 0 Å². The van der Waals surface area contributed by atoms with E-state index in [1.807, 2.05) is 12.3 Å². The Kier molecular flexibility index (Phi) is 1.76. The molecule has 0 aliphatic carbocycles. The number of aromatic amines is 1. The summed E-state index contributed by atoms with van der Waals surface area (Å²) in [6.45, 7) is 4.17. The minimum absolute atomic E-state index is 0.939. The molecule has 13 heavy (non-hydrogen) atoms. The molecule has 0 unspecified atom stereocenters. The fourth-order valence-corrected chi connectivity index (χ4v) is 1.69. The predicted octanol–water partition coefficient (Wildman–Crippen LogP) is 2.79. The smallest absolute Gasteiger partial charge is 0.123 e. The van der Waals surface area contributed by atoms with Crippen LogP contribution in [0.5, 0.6) is 5.75 Å². The third-order valence-electron chi connectivity index (χ3n) is 2.49. The largest absolute Gasteiger partial charge is 0.496 e. The van der Waals surface area contributed by atoms with Gasteiger partial charge in [0.15, 0.2) is 0 Å². The average molecular weight is 175 g/mol. The number of nitrogens with one attached hydrogen (secondary N) is 1. The van der Waals surface area contributed by atoms with E-state index in [2.05, 4.69) is 24.9 Å². The van der Waals surface area contributed by atoms with Gasteiger partial charge in [0, 0.05) is 17.1 Å². The highest BCUT2D eigenvalue weighted by molar-refractivity contribution is 5.87. The highest BCUT2D eigenvalue weighted by atomic mass is 16.5. The van der Waals surface area contributed by atoms with Crippen LogP contribution < -0.4 is 4.74 Å². The Morgan fingerprint density at radius 3 is 2.69 bits per heavy atom. The summed E-state index contributed by atoms with van der Waals surface area (Å²) in [7, 11) is 1.70. The summed E-state index contributed by atoms with van der Waals surface area (Å²) < 4.78 is 5.24. The van der Waals surface area contributed by atoms with Gasteiger partial charge in [-0.15, -0.1) is 0 Å². The average Bonchev–Trinajstić information content (AvgIpc) is 2.50. The zero-order valence-electron chi connectivity index (χ0n) is 8.14. The predicted molar refractivity (Wildman–Crippen MR) is 54.3 cm³/mol. The molecule has 0 radical (unpaired) electrons. The standard InChI is InChI=1S/C11H13NO/c1-7-6-12-11-8(2)10(13-3)5-4-9(7)11/h4-6,12H,1-3H3. The van der Waals surface area contributed by atoms with Crippen molar-refractivity contribution in [2.24, 2.45) is 0 Å². The number of hydrogen-bond acceptors (Lipinski definition) is 1. The molecule has 1 N–H and O–H groups in total. The molecular weight excluding hydrogens is 162 g/mol. The Balaban J connectivity index is 2.80. The van der Waals surface area contributed by atoms with E-state index in [0.717, 1.165) is 5.75 Å². The molecular formula is C11H13NO. The molecule has 2 nitrogen and oxygen atoms in total. The first-order valence-corrected chi connectivity index (χ1v) is 4.35. The molecule has 1 aromatic carbocycles. The number of fused-ring (bicyclic) bond motifs is 1. The van der Waals surface area contributed by atoms with Crippen molar-refractivity contribution in [3.63, 3.8) is 0 Å². The van der Waals surface area contributed by atoms with Crippen LogP contribution in [0.3, 0.4) is 0 Å². The molecule has 0 fully saturated rings. The molecule has 0 saturated carbocycles. The normalized spacial score (nSPS) is 10.7. The minimum Gasteiger partial charge on any atom is -0.496 e. The maximum atomic E-state index is 5.24. The van der Waals surface area contributed by atoms with Crippen LogP contribution in [0.1, 0.15) is 11.1 Å². The second-order valence-corrected chi connectivity index (χ2v) is 3.29. The van der Waals surface area contributed by atoms with Crippen LogP contribution >= 0.6 is 0 Å². The van der Waals surface area contributed by atoms with E-state index in [-0.39, 0.29) is 0 Å². The molecule has 0 amide bonds. The molecule has 0 aliphatic heterocycles. The summed E-state index contributed by atoms with van der Waals surface area (Å²) in [6.07, 6.45) is 2.02. The maximum Gasteiger partial charge on any atom is 0.123 e. The number of benzene rings is 1. The molecule has 0 spiro atoms. The van der Waals surface area contributed by atoms with E-state index in [4.69, 9.17) is 4.74 Å². The first kappa shape index (κ1) is 8.17. The Morgan fingerprint density at radius 2 is 2.00 bits per heavy atom. The number of aryl methyl sites for hydroxylation is 2. The number of hydrogen-bond donors (Lipinski definition) is 1. The SMILES string of the molecule is COc1ccc2c(C)c[nH]c2c1C. The third kappa shape index (κ3) is 1.10. The van der Waals surface area contributed by atoms with Gasteiger partial charge in [0.1, 0.15) is 5.75 Å². The number of methoxy groups -OCH3 is 1. The van der Waals surface area contributed by atoms with Gasteiger partial charge >= 0.3 is 0 Å². The molecule has 2 heteroatoms. The Labute approximate surface area is 77.5 Å². The Bertz CT molecular complexity index is 443. The summed E-state index contributed by atoms with van der Waals surface area (Å²) in [5, 5.41) is 1.28. The summed E-state index contributed by atoms with van der Waals surface area (Å²) >= 11 is 0. The summed E-state index contributed by atoms with van der Waals surface area (Å²) in [5.74, 6) is 0.939. The van der Waals surface area contributed by atoms with Crippen molar-refractivity contribution in [2.75, 3.05) is 7.11 Å². The molecule has 68 valence electrons. The molecule has 0 bridgehead atoms. The lowest BCUT2D eigenvalue weighted by atomic mass is 10.1. The van der Waals surface area contributed by atoms with Crippen molar-refractivity contribution in [3.05, 3.63) is 29.5 Å². The van der Waals surface area contributed by atoms with Crippen LogP contribution in [0.15, 0.2) is 18.3 Å². The summed E-state index contributed by atoms with van der Waals surface area (Å²) in [6, 6.07) is 4.10. The van der Waals surface area contributed by atoms with Crippen molar-refractivity contribution >= 4 is 10.9 Å². The van der Waals surface area contributed by atoms with Crippen molar-refractivity contribution in [3.8, 4) is 5.75 Å². The van der Waals surface area contributed by atoms with Crippen LogP contribution in [0.25, 0.3) is 10.9 Å². The molecule has 0 aliphatic rings. The molecule has 2 aromatic rings. The highest BCUT2D eigenvalue weighted by Crippen LogP contribution is 2.27. The zero-order chi connectivity index (χ0) is 9.42. The number of rotatable bonds is 1. The zero-order valence-corrected chi connectivity index (χ0v) is 8.14. The molecule has 0 atom stereocenters. The van der Waals surface area contributed by atoms with E-state index >= 15 is 0 Å². The fraction of sp³-hybridized carbons (Fsp3) is 0.273. The second-order valence-electron chi connectivity index (χ2n) is 3.29. The quantitative estimate of drug-likeness (QED) is 0.708. The van der Waals surface area contributed by atoms with E-state index < -0.39 is 0 Å². The van der Waals surface area contributed by atoms with Crippen molar-refractivity contribution in [2.45, 2.75) is 13.8 Å². The maximum absolute atomic E-state index is 5.24. The number of H-pyrrole nitrogens is 1. The van der Waals surface area contributed by atoms with E-state index in [0.29, 0.717) is 0 Å². The monoisotopic (exact) mass is 175 g/mol. The van der Waals surface area contributed by atoms with Crippen LogP contribution in [-0.4, -0.2) is 12.1 Å². The minimum atomic E-state index is 0.939. The van der Waals surface area contributed by atoms with Crippen molar-refractivity contribution in [1.82, 2.24) is 4.98 Å². The van der Waals surface area contributed by atoms with Crippen molar-refractivity contribution < 1.29 is 4.74 Å². The molecule has 1 heterocycles. The van der Waals surface area contributed by atoms with Gasteiger partial charge in [-0.1, -0.05) is 0 Å². The molecule has 0 saturated heterocycles. The second kappa shape index (κ2) is 2.80. The van der Waals surface area contributed by atoms with Crippen molar-refractivity contribution in [1.29, 1.82) is 0 Å². The van der Waals surface area contributed by atoms with Gasteiger partial charge in [-0.05, 0) is 31.5 Å². The number of aromatic nitrogens is 1. The molecule has 2 rings (SSSR count). The Morgan fingerprint density at radius 1 is 1.23 bits per heavy atom. The lowest BCUT2D eigenvalue weighted by Gasteiger charge is -2.04. The topological polar surface area (TPSA) is 25.0 Å². The van der Waals surface area contributed by atoms with E-state index in [1.54, 1.807) is 7.11 Å². The first-order valence-electron chi connectivity index (χ1n) is 4.35. The fourth-order valence-electron chi connectivity index (χ4n) is 1.69. The van der Waals surface area contributed by atoms with Gasteiger partial charge in [0.2, 0.25) is 0 Å². The summed E-state index contributed by atoms with van der Waals surface area (Å²) in [4.78, 5) is 3.25. The van der Waals surface area contributed by atoms with Gasteiger partial charge < -0.3 is 9.72 Å². The van der Waals surface area contributed by atoms with Crippen LogP contribution in [-0.2, 0) is 0 Å². The van der Waals surface area contributed by atoms with Crippen LogP contribution in [0.2, 0.25) is 0 Å². The van der Waals surface area contributed by atoms with Gasteiger partial charge in [-0.3, -0.25) is 0 Å². The summed E-state index contributed by atoms with van der Waals surface area (Å²) in [5.41, 5.74) is 3.63. The van der Waals surface area contributed by atoms with Gasteiger partial charge in [-0.2, -0.15) is 0 Å². The van der Waals surface area contributed by atoms with E-state index in [1.165, 1.54) is 22.0 Å². The Hall–Kier alpha value is -1.44. The number of ether oxygens (including phenoxy) is 1. The lowest BCUT2D eigenvalue weighted by molar-refractivity contribution is 0.412. The van der Waals surface area contributed by atoms with Gasteiger partial charge in [0.25, 0.3) is 0 Å². The molecule has 1 aromatic heterocycles. The van der Waals surface area contributed by atoms with Gasteiger partial charge in [0.05, 0.1) is 12.6 Å². The third-order valence-corrected chi connectivity index (χ3v) is 2.49. The van der Waals surface area contributed by atoms with Crippen LogP contribution in [0, 0.1) is 13.8 Å². The van der Waals surface area contributed by atoms with Crippen LogP contribution in [0.4, 0.5) is 0 Å². The lowest BCUT2D eigenvalue weighted by Crippen LogP contribution is -1.87. The first-order chi connectivity index (χ1) is 6.24. The van der Waals surface area contributed by atoms with Gasteiger partial charge in [-0.25, -0.2) is 0 Å². The highest BCUT2D eigenvalue weighted by Gasteiger charge is 2.05.